The highest BCUT2D eigenvalue weighted by Gasteiger charge is 2.07. The maximum atomic E-state index is 10.3. The molecular formula is C7H11N3O2. The van der Waals surface area contributed by atoms with Crippen LogP contribution in [0, 0.1) is 0 Å². The predicted molar refractivity (Wildman–Crippen MR) is 41.7 cm³/mol. The van der Waals surface area contributed by atoms with Crippen LogP contribution in [0.1, 0.15) is 19.2 Å². The average Bonchev–Trinajstić information content (AvgIpc) is 2.37. The Balaban J connectivity index is 2.69. The third kappa shape index (κ3) is 2.05. The summed E-state index contributed by atoms with van der Waals surface area (Å²) in [6.07, 6.45) is 2.25. The number of carboxylic acid groups (broad SMARTS) is 1. The second kappa shape index (κ2) is 3.85. The number of aryl methyl sites for hydroxylation is 1. The standard InChI is InChI=1S/C7H11N3O2/c1-2-3-10-6(4-7(11)12)8-5-9-10/h5H,2-4H2,1H3,(H,11,12). The van der Waals surface area contributed by atoms with Gasteiger partial charge in [-0.25, -0.2) is 9.67 Å². The quantitative estimate of drug-likeness (QED) is 0.704. The molecule has 1 heterocycles. The maximum Gasteiger partial charge on any atom is 0.311 e. The van der Waals surface area contributed by atoms with Crippen LogP contribution in [0.3, 0.4) is 0 Å². The van der Waals surface area contributed by atoms with Gasteiger partial charge in [-0.15, -0.1) is 0 Å². The van der Waals surface area contributed by atoms with Crippen LogP contribution >= 0.6 is 0 Å². The molecule has 0 saturated heterocycles. The lowest BCUT2D eigenvalue weighted by atomic mass is 10.4. The molecule has 5 heteroatoms. The fourth-order valence-electron chi connectivity index (χ4n) is 0.959. The minimum Gasteiger partial charge on any atom is -0.481 e. The third-order valence-corrected chi connectivity index (χ3v) is 1.44. The highest BCUT2D eigenvalue weighted by Crippen LogP contribution is 1.96. The van der Waals surface area contributed by atoms with Gasteiger partial charge in [-0.3, -0.25) is 4.79 Å². The molecule has 0 fully saturated rings. The third-order valence-electron chi connectivity index (χ3n) is 1.44. The smallest absolute Gasteiger partial charge is 0.311 e. The van der Waals surface area contributed by atoms with Crippen LogP contribution in [-0.2, 0) is 17.8 Å². The summed E-state index contributed by atoms with van der Waals surface area (Å²) in [6, 6.07) is 0. The zero-order valence-electron chi connectivity index (χ0n) is 6.90. The van der Waals surface area contributed by atoms with Crippen LogP contribution < -0.4 is 0 Å². The van der Waals surface area contributed by atoms with Crippen LogP contribution in [0.4, 0.5) is 0 Å². The van der Waals surface area contributed by atoms with Crippen molar-refractivity contribution in [3.8, 4) is 0 Å². The second-order valence-electron chi connectivity index (χ2n) is 2.47. The lowest BCUT2D eigenvalue weighted by molar-refractivity contribution is -0.136. The van der Waals surface area contributed by atoms with Crippen molar-refractivity contribution < 1.29 is 9.90 Å². The molecule has 0 unspecified atom stereocenters. The molecule has 0 spiro atoms. The molecule has 0 saturated carbocycles. The zero-order chi connectivity index (χ0) is 8.97. The number of nitrogens with zero attached hydrogens (tertiary/aromatic N) is 3. The Bertz CT molecular complexity index is 269. The number of carboxylic acids is 1. The number of aliphatic carboxylic acids is 1. The van der Waals surface area contributed by atoms with Crippen LogP contribution in [0.2, 0.25) is 0 Å². The first-order chi connectivity index (χ1) is 5.74. The van der Waals surface area contributed by atoms with E-state index in [9.17, 15) is 4.79 Å². The summed E-state index contributed by atoms with van der Waals surface area (Å²) in [6.45, 7) is 2.73. The molecule has 1 aromatic rings. The Morgan fingerprint density at radius 2 is 2.50 bits per heavy atom. The van der Waals surface area contributed by atoms with Gasteiger partial charge in [0, 0.05) is 6.54 Å². The van der Waals surface area contributed by atoms with Gasteiger partial charge in [-0.2, -0.15) is 5.10 Å². The Labute approximate surface area is 70.0 Å². The van der Waals surface area contributed by atoms with Crippen LogP contribution in [-0.4, -0.2) is 25.8 Å². The average molecular weight is 169 g/mol. The zero-order valence-corrected chi connectivity index (χ0v) is 6.90. The first kappa shape index (κ1) is 8.70. The number of carbonyl (C=O) groups is 1. The molecule has 0 bridgehead atoms. The number of hydrogen-bond acceptors (Lipinski definition) is 3. The number of rotatable bonds is 4. The van der Waals surface area contributed by atoms with Crippen molar-refractivity contribution in [2.24, 2.45) is 0 Å². The minimum atomic E-state index is -0.875. The summed E-state index contributed by atoms with van der Waals surface area (Å²) in [5.41, 5.74) is 0. The molecule has 0 aromatic carbocycles. The molecule has 1 rings (SSSR count). The molecule has 12 heavy (non-hydrogen) atoms. The summed E-state index contributed by atoms with van der Waals surface area (Å²) >= 11 is 0. The van der Waals surface area contributed by atoms with Gasteiger partial charge in [-0.1, -0.05) is 6.92 Å². The van der Waals surface area contributed by atoms with E-state index < -0.39 is 5.97 Å². The number of hydrogen-bond donors (Lipinski definition) is 1. The lowest BCUT2D eigenvalue weighted by Crippen LogP contribution is -2.10. The lowest BCUT2D eigenvalue weighted by Gasteiger charge is -2.00. The van der Waals surface area contributed by atoms with Crippen molar-refractivity contribution in [2.75, 3.05) is 0 Å². The SMILES string of the molecule is CCCn1ncnc1CC(=O)O. The van der Waals surface area contributed by atoms with E-state index in [4.69, 9.17) is 5.11 Å². The molecule has 0 atom stereocenters. The fraction of sp³-hybridized carbons (Fsp3) is 0.571. The van der Waals surface area contributed by atoms with E-state index in [1.807, 2.05) is 6.92 Å². The van der Waals surface area contributed by atoms with Gasteiger partial charge in [0.05, 0.1) is 0 Å². The van der Waals surface area contributed by atoms with Gasteiger partial charge in [0.25, 0.3) is 0 Å². The minimum absolute atomic E-state index is 0.0556. The molecule has 0 radical (unpaired) electrons. The Hall–Kier alpha value is -1.39. The molecule has 0 aliphatic rings. The van der Waals surface area contributed by atoms with E-state index in [1.54, 1.807) is 4.68 Å². The maximum absolute atomic E-state index is 10.3. The Morgan fingerprint density at radius 3 is 3.08 bits per heavy atom. The van der Waals surface area contributed by atoms with Gasteiger partial charge in [0.1, 0.15) is 18.6 Å². The summed E-state index contributed by atoms with van der Waals surface area (Å²) in [5, 5.41) is 12.4. The molecule has 1 aromatic heterocycles. The summed E-state index contributed by atoms with van der Waals surface area (Å²) in [7, 11) is 0. The van der Waals surface area contributed by atoms with Crippen LogP contribution in [0.15, 0.2) is 6.33 Å². The normalized spacial score (nSPS) is 10.1. The van der Waals surface area contributed by atoms with E-state index in [1.165, 1.54) is 6.33 Å². The van der Waals surface area contributed by atoms with Gasteiger partial charge < -0.3 is 5.11 Å². The summed E-state index contributed by atoms with van der Waals surface area (Å²) in [5.74, 6) is -0.357. The summed E-state index contributed by atoms with van der Waals surface area (Å²) < 4.78 is 1.62. The second-order valence-corrected chi connectivity index (χ2v) is 2.47. The largest absolute Gasteiger partial charge is 0.481 e. The van der Waals surface area contributed by atoms with Crippen molar-refractivity contribution in [3.63, 3.8) is 0 Å². The highest BCUT2D eigenvalue weighted by molar-refractivity contribution is 5.68. The van der Waals surface area contributed by atoms with Crippen LogP contribution in [0.5, 0.6) is 0 Å². The molecule has 0 aliphatic heterocycles. The van der Waals surface area contributed by atoms with Gasteiger partial charge in [-0.05, 0) is 6.42 Å². The molecule has 5 nitrogen and oxygen atoms in total. The predicted octanol–water partition coefficient (Wildman–Crippen LogP) is 0.315. The van der Waals surface area contributed by atoms with E-state index in [2.05, 4.69) is 10.1 Å². The first-order valence-corrected chi connectivity index (χ1v) is 3.82. The fourth-order valence-corrected chi connectivity index (χ4v) is 0.959. The van der Waals surface area contributed by atoms with E-state index in [0.29, 0.717) is 5.82 Å². The van der Waals surface area contributed by atoms with Gasteiger partial charge in [0.2, 0.25) is 0 Å². The molecule has 0 aliphatic carbocycles. The monoisotopic (exact) mass is 169 g/mol. The topological polar surface area (TPSA) is 68.0 Å². The van der Waals surface area contributed by atoms with Gasteiger partial charge >= 0.3 is 5.97 Å². The van der Waals surface area contributed by atoms with Crippen molar-refractivity contribution >= 4 is 5.97 Å². The molecule has 1 N–H and O–H groups in total. The Kier molecular flexibility index (Phi) is 2.79. The molecule has 66 valence electrons. The van der Waals surface area contributed by atoms with E-state index >= 15 is 0 Å². The van der Waals surface area contributed by atoms with Crippen molar-refractivity contribution in [1.29, 1.82) is 0 Å². The highest BCUT2D eigenvalue weighted by atomic mass is 16.4. The van der Waals surface area contributed by atoms with E-state index in [-0.39, 0.29) is 6.42 Å². The summed E-state index contributed by atoms with van der Waals surface area (Å²) in [4.78, 5) is 14.2. The molecular weight excluding hydrogens is 158 g/mol. The molecule has 0 amide bonds. The van der Waals surface area contributed by atoms with Crippen molar-refractivity contribution in [3.05, 3.63) is 12.2 Å². The van der Waals surface area contributed by atoms with Crippen molar-refractivity contribution in [1.82, 2.24) is 14.8 Å². The van der Waals surface area contributed by atoms with Gasteiger partial charge in [0.15, 0.2) is 0 Å². The van der Waals surface area contributed by atoms with Crippen molar-refractivity contribution in [2.45, 2.75) is 26.3 Å². The van der Waals surface area contributed by atoms with Crippen LogP contribution in [0.25, 0.3) is 0 Å². The first-order valence-electron chi connectivity index (χ1n) is 3.82. The number of aromatic nitrogens is 3. The Morgan fingerprint density at radius 1 is 1.75 bits per heavy atom. The van der Waals surface area contributed by atoms with E-state index in [0.717, 1.165) is 13.0 Å².